The molecule has 3 rings (SSSR count). The zero-order valence-corrected chi connectivity index (χ0v) is 12.6. The van der Waals surface area contributed by atoms with Gasteiger partial charge in [-0.15, -0.1) is 0 Å². The van der Waals surface area contributed by atoms with E-state index in [9.17, 15) is 0 Å². The predicted octanol–water partition coefficient (Wildman–Crippen LogP) is 3.14. The average molecular weight is 290 g/mol. The summed E-state index contributed by atoms with van der Waals surface area (Å²) in [4.78, 5) is 2.54. The first-order chi connectivity index (χ1) is 9.92. The summed E-state index contributed by atoms with van der Waals surface area (Å²) in [5.74, 6) is 1.08. The minimum atomic E-state index is 0.777. The lowest BCUT2D eigenvalue weighted by Gasteiger charge is -2.20. The molecule has 1 aliphatic carbocycles. The van der Waals surface area contributed by atoms with Gasteiger partial charge in [-0.05, 0) is 60.3 Å². The van der Waals surface area contributed by atoms with Gasteiger partial charge in [0, 0.05) is 19.1 Å². The molecule has 2 heterocycles. The first-order valence-electron chi connectivity index (χ1n) is 7.40. The molecule has 0 bridgehead atoms. The van der Waals surface area contributed by atoms with Crippen molar-refractivity contribution in [3.63, 3.8) is 0 Å². The Morgan fingerprint density at radius 2 is 2.25 bits per heavy atom. The lowest BCUT2D eigenvalue weighted by Crippen LogP contribution is -2.34. The van der Waals surface area contributed by atoms with Crippen LogP contribution in [0.15, 0.2) is 39.6 Å². The molecule has 1 N–H and O–H groups in total. The molecule has 0 saturated heterocycles. The van der Waals surface area contributed by atoms with Crippen LogP contribution in [0.3, 0.4) is 0 Å². The number of furan rings is 1. The zero-order chi connectivity index (χ0) is 13.6. The highest BCUT2D eigenvalue weighted by Crippen LogP contribution is 2.27. The van der Waals surface area contributed by atoms with Crippen molar-refractivity contribution in [2.75, 3.05) is 19.6 Å². The van der Waals surface area contributed by atoms with Crippen LogP contribution in [0.25, 0.3) is 0 Å². The van der Waals surface area contributed by atoms with Crippen LogP contribution in [-0.4, -0.2) is 30.6 Å². The maximum absolute atomic E-state index is 5.46. The van der Waals surface area contributed by atoms with Crippen molar-refractivity contribution in [2.45, 2.75) is 31.8 Å². The molecule has 1 aliphatic rings. The highest BCUT2D eigenvalue weighted by Gasteiger charge is 2.28. The Morgan fingerprint density at radius 1 is 1.30 bits per heavy atom. The van der Waals surface area contributed by atoms with Gasteiger partial charge in [0.25, 0.3) is 0 Å². The highest BCUT2D eigenvalue weighted by atomic mass is 32.1. The first-order valence-corrected chi connectivity index (χ1v) is 8.34. The maximum Gasteiger partial charge on any atom is 0.117 e. The molecule has 2 aromatic heterocycles. The second-order valence-corrected chi connectivity index (χ2v) is 6.19. The fourth-order valence-electron chi connectivity index (χ4n) is 2.45. The van der Waals surface area contributed by atoms with E-state index in [-0.39, 0.29) is 0 Å². The van der Waals surface area contributed by atoms with Gasteiger partial charge in [-0.3, -0.25) is 4.90 Å². The Labute approximate surface area is 124 Å². The van der Waals surface area contributed by atoms with Crippen LogP contribution < -0.4 is 5.32 Å². The Morgan fingerprint density at radius 3 is 2.95 bits per heavy atom. The molecular weight excluding hydrogens is 268 g/mol. The molecule has 1 fully saturated rings. The molecule has 0 radical (unpaired) electrons. The van der Waals surface area contributed by atoms with Crippen molar-refractivity contribution in [3.05, 3.63) is 46.5 Å². The monoisotopic (exact) mass is 290 g/mol. The Kier molecular flexibility index (Phi) is 4.90. The molecule has 0 unspecified atom stereocenters. The summed E-state index contributed by atoms with van der Waals surface area (Å²) >= 11 is 1.78. The third kappa shape index (κ3) is 4.20. The second-order valence-electron chi connectivity index (χ2n) is 5.41. The summed E-state index contributed by atoms with van der Waals surface area (Å²) in [6.45, 7) is 4.18. The summed E-state index contributed by atoms with van der Waals surface area (Å²) in [5, 5.41) is 7.93. The Hall–Kier alpha value is -1.10. The fraction of sp³-hybridized carbons (Fsp3) is 0.500. The van der Waals surface area contributed by atoms with Crippen molar-refractivity contribution in [1.82, 2.24) is 10.2 Å². The van der Waals surface area contributed by atoms with Crippen LogP contribution in [0.4, 0.5) is 0 Å². The van der Waals surface area contributed by atoms with Crippen LogP contribution in [0.2, 0.25) is 0 Å². The predicted molar refractivity (Wildman–Crippen MR) is 83.0 cm³/mol. The number of rotatable bonds is 9. The van der Waals surface area contributed by atoms with E-state index in [1.54, 1.807) is 17.6 Å². The molecule has 0 aromatic carbocycles. The lowest BCUT2D eigenvalue weighted by molar-refractivity contribution is 0.234. The Balaban J connectivity index is 1.35. The number of hydrogen-bond acceptors (Lipinski definition) is 4. The van der Waals surface area contributed by atoms with Gasteiger partial charge in [0.15, 0.2) is 0 Å². The molecule has 3 nitrogen and oxygen atoms in total. The van der Waals surface area contributed by atoms with Gasteiger partial charge in [-0.1, -0.05) is 0 Å². The van der Waals surface area contributed by atoms with E-state index in [0.717, 1.165) is 44.4 Å². The standard InChI is InChI=1S/C16H22N2OS/c1-2-16(19-10-1)12-18(15-3-4-15)9-8-17-7-5-14-6-11-20-13-14/h1-2,6,10-11,13,15,17H,3-5,7-9,12H2. The van der Waals surface area contributed by atoms with E-state index in [1.165, 1.54) is 18.4 Å². The van der Waals surface area contributed by atoms with Gasteiger partial charge >= 0.3 is 0 Å². The zero-order valence-electron chi connectivity index (χ0n) is 11.8. The van der Waals surface area contributed by atoms with Gasteiger partial charge in [-0.2, -0.15) is 11.3 Å². The number of nitrogens with zero attached hydrogens (tertiary/aromatic N) is 1. The summed E-state index contributed by atoms with van der Waals surface area (Å²) in [6, 6.07) is 7.03. The number of hydrogen-bond donors (Lipinski definition) is 1. The molecule has 108 valence electrons. The fourth-order valence-corrected chi connectivity index (χ4v) is 3.15. The van der Waals surface area contributed by atoms with Crippen molar-refractivity contribution in [1.29, 1.82) is 0 Å². The van der Waals surface area contributed by atoms with E-state index >= 15 is 0 Å². The smallest absolute Gasteiger partial charge is 0.117 e. The van der Waals surface area contributed by atoms with Crippen molar-refractivity contribution >= 4 is 11.3 Å². The van der Waals surface area contributed by atoms with Crippen LogP contribution in [0.5, 0.6) is 0 Å². The molecule has 4 heteroatoms. The molecular formula is C16H22N2OS. The summed E-state index contributed by atoms with van der Waals surface area (Å²) in [7, 11) is 0. The summed E-state index contributed by atoms with van der Waals surface area (Å²) in [5.41, 5.74) is 1.44. The van der Waals surface area contributed by atoms with Gasteiger partial charge in [0.1, 0.15) is 5.76 Å². The van der Waals surface area contributed by atoms with Crippen molar-refractivity contribution < 1.29 is 4.42 Å². The molecule has 1 saturated carbocycles. The van der Waals surface area contributed by atoms with Crippen LogP contribution in [-0.2, 0) is 13.0 Å². The van der Waals surface area contributed by atoms with Crippen molar-refractivity contribution in [2.24, 2.45) is 0 Å². The van der Waals surface area contributed by atoms with Crippen molar-refractivity contribution in [3.8, 4) is 0 Å². The van der Waals surface area contributed by atoms with Gasteiger partial charge in [0.05, 0.1) is 12.8 Å². The van der Waals surface area contributed by atoms with Crippen LogP contribution >= 0.6 is 11.3 Å². The van der Waals surface area contributed by atoms with E-state index in [4.69, 9.17) is 4.42 Å². The Bertz CT molecular complexity index is 477. The third-order valence-corrected chi connectivity index (χ3v) is 4.48. The summed E-state index contributed by atoms with van der Waals surface area (Å²) in [6.07, 6.45) is 5.58. The molecule has 0 amide bonds. The lowest BCUT2D eigenvalue weighted by atomic mass is 10.2. The number of nitrogens with one attached hydrogen (secondary N) is 1. The molecule has 0 atom stereocenters. The maximum atomic E-state index is 5.46. The van der Waals surface area contributed by atoms with E-state index in [0.29, 0.717) is 0 Å². The van der Waals surface area contributed by atoms with Gasteiger partial charge < -0.3 is 9.73 Å². The molecule has 0 aliphatic heterocycles. The van der Waals surface area contributed by atoms with E-state index < -0.39 is 0 Å². The average Bonchev–Trinajstić information content (AvgIpc) is 2.96. The topological polar surface area (TPSA) is 28.4 Å². The van der Waals surface area contributed by atoms with E-state index in [2.05, 4.69) is 33.1 Å². The molecule has 20 heavy (non-hydrogen) atoms. The highest BCUT2D eigenvalue weighted by molar-refractivity contribution is 7.07. The SMILES string of the molecule is c1coc(CN(CCNCCc2ccsc2)C2CC2)c1. The summed E-state index contributed by atoms with van der Waals surface area (Å²) < 4.78 is 5.46. The minimum Gasteiger partial charge on any atom is -0.468 e. The first kappa shape index (κ1) is 13.9. The number of thiophene rings is 1. The minimum absolute atomic E-state index is 0.777. The third-order valence-electron chi connectivity index (χ3n) is 3.75. The largest absolute Gasteiger partial charge is 0.468 e. The van der Waals surface area contributed by atoms with Gasteiger partial charge in [-0.25, -0.2) is 0 Å². The second kappa shape index (κ2) is 7.07. The normalized spacial score (nSPS) is 15.1. The molecule has 2 aromatic rings. The van der Waals surface area contributed by atoms with Crippen LogP contribution in [0.1, 0.15) is 24.2 Å². The van der Waals surface area contributed by atoms with E-state index in [1.807, 2.05) is 6.07 Å². The quantitative estimate of drug-likeness (QED) is 0.719. The molecule has 0 spiro atoms. The van der Waals surface area contributed by atoms with Gasteiger partial charge in [0.2, 0.25) is 0 Å². The van der Waals surface area contributed by atoms with Crippen LogP contribution in [0, 0.1) is 0 Å².